The standard InChI is InChI=1S/C26H37N3O3S/c1-5-24(29(33(4,31)32)25-17-20(2)13-14-21(25)3)26(30)27-18-22-11-7-8-12-23(22)19-28-15-9-6-10-16-28/h7-8,11-14,17,24H,5-6,9-10,15-16,18-19H2,1-4H3,(H,27,30)/t24-/m1/s1. The van der Waals surface area contributed by atoms with Crippen molar-refractivity contribution in [2.24, 2.45) is 0 Å². The Hall–Kier alpha value is -2.38. The van der Waals surface area contributed by atoms with Gasteiger partial charge in [0.05, 0.1) is 11.9 Å². The third-order valence-corrected chi connectivity index (χ3v) is 7.51. The second-order valence-electron chi connectivity index (χ2n) is 9.10. The average Bonchev–Trinajstić information content (AvgIpc) is 2.78. The molecule has 0 bridgehead atoms. The monoisotopic (exact) mass is 471 g/mol. The molecule has 1 heterocycles. The molecule has 6 nitrogen and oxygen atoms in total. The first-order chi connectivity index (χ1) is 15.7. The van der Waals surface area contributed by atoms with Gasteiger partial charge >= 0.3 is 0 Å². The fraction of sp³-hybridized carbons (Fsp3) is 0.500. The SMILES string of the molecule is CC[C@H](C(=O)NCc1ccccc1CN1CCCCC1)N(c1cc(C)ccc1C)S(C)(=O)=O. The number of carbonyl (C=O) groups excluding carboxylic acids is 1. The number of carbonyl (C=O) groups is 1. The molecule has 2 aromatic carbocycles. The first-order valence-corrected chi connectivity index (χ1v) is 13.7. The van der Waals surface area contributed by atoms with E-state index in [1.54, 1.807) is 0 Å². The van der Waals surface area contributed by atoms with Crippen LogP contribution in [0.3, 0.4) is 0 Å². The van der Waals surface area contributed by atoms with Crippen molar-refractivity contribution >= 4 is 21.6 Å². The molecule has 1 aliphatic rings. The molecule has 0 radical (unpaired) electrons. The minimum atomic E-state index is -3.66. The minimum absolute atomic E-state index is 0.281. The molecule has 7 heteroatoms. The molecule has 0 spiro atoms. The summed E-state index contributed by atoms with van der Waals surface area (Å²) in [6.45, 7) is 9.11. The van der Waals surface area contributed by atoms with Gasteiger partial charge in [0.15, 0.2) is 0 Å². The van der Waals surface area contributed by atoms with Crippen molar-refractivity contribution in [1.82, 2.24) is 10.2 Å². The average molecular weight is 472 g/mol. The van der Waals surface area contributed by atoms with Crippen molar-refractivity contribution < 1.29 is 13.2 Å². The van der Waals surface area contributed by atoms with Crippen LogP contribution in [0.15, 0.2) is 42.5 Å². The number of aryl methyl sites for hydroxylation is 2. The van der Waals surface area contributed by atoms with E-state index < -0.39 is 16.1 Å². The van der Waals surface area contributed by atoms with Gasteiger partial charge in [-0.3, -0.25) is 14.0 Å². The van der Waals surface area contributed by atoms with Crippen molar-refractivity contribution in [2.45, 2.75) is 65.6 Å². The minimum Gasteiger partial charge on any atom is -0.350 e. The highest BCUT2D eigenvalue weighted by atomic mass is 32.2. The lowest BCUT2D eigenvalue weighted by molar-refractivity contribution is -0.122. The molecule has 1 saturated heterocycles. The van der Waals surface area contributed by atoms with Gasteiger partial charge in [0, 0.05) is 13.1 Å². The van der Waals surface area contributed by atoms with Crippen molar-refractivity contribution in [3.63, 3.8) is 0 Å². The summed E-state index contributed by atoms with van der Waals surface area (Å²) >= 11 is 0. The van der Waals surface area contributed by atoms with Crippen molar-refractivity contribution in [2.75, 3.05) is 23.7 Å². The van der Waals surface area contributed by atoms with Crippen LogP contribution in [-0.4, -0.2) is 44.6 Å². The molecule has 0 unspecified atom stereocenters. The summed E-state index contributed by atoms with van der Waals surface area (Å²) in [5.74, 6) is -0.281. The van der Waals surface area contributed by atoms with E-state index in [1.807, 2.05) is 57.2 Å². The van der Waals surface area contributed by atoms with Gasteiger partial charge < -0.3 is 5.32 Å². The molecule has 0 aromatic heterocycles. The Morgan fingerprint density at radius 3 is 2.36 bits per heavy atom. The second kappa shape index (κ2) is 11.2. The number of hydrogen-bond acceptors (Lipinski definition) is 4. The van der Waals surface area contributed by atoms with Crippen LogP contribution < -0.4 is 9.62 Å². The molecular formula is C26H37N3O3S. The lowest BCUT2D eigenvalue weighted by Gasteiger charge is -2.31. The maximum absolute atomic E-state index is 13.3. The molecule has 1 N–H and O–H groups in total. The van der Waals surface area contributed by atoms with E-state index >= 15 is 0 Å². The van der Waals surface area contributed by atoms with Crippen LogP contribution in [0.1, 0.15) is 54.9 Å². The summed E-state index contributed by atoms with van der Waals surface area (Å²) < 4.78 is 26.9. The predicted octanol–water partition coefficient (Wildman–Crippen LogP) is 4.15. The number of rotatable bonds is 9. The summed E-state index contributed by atoms with van der Waals surface area (Å²) in [4.78, 5) is 15.7. The Bertz CT molecular complexity index is 1060. The second-order valence-corrected chi connectivity index (χ2v) is 11.0. The number of sulfonamides is 1. The molecule has 180 valence electrons. The first kappa shape index (κ1) is 25.2. The van der Waals surface area contributed by atoms with E-state index in [0.29, 0.717) is 18.7 Å². The molecule has 1 aliphatic heterocycles. The van der Waals surface area contributed by atoms with Crippen LogP contribution >= 0.6 is 0 Å². The topological polar surface area (TPSA) is 69.7 Å². The van der Waals surface area contributed by atoms with Gasteiger partial charge in [-0.2, -0.15) is 0 Å². The Morgan fingerprint density at radius 1 is 1.06 bits per heavy atom. The highest BCUT2D eigenvalue weighted by Gasteiger charge is 2.32. The Labute approximate surface area is 199 Å². The lowest BCUT2D eigenvalue weighted by Crippen LogP contribution is -2.49. The molecule has 1 amide bonds. The fourth-order valence-corrected chi connectivity index (χ4v) is 5.80. The third-order valence-electron chi connectivity index (χ3n) is 6.35. The molecular weight excluding hydrogens is 434 g/mol. The molecule has 1 atom stereocenters. The number of likely N-dealkylation sites (tertiary alicyclic amines) is 1. The van der Waals surface area contributed by atoms with E-state index in [-0.39, 0.29) is 5.91 Å². The van der Waals surface area contributed by atoms with Gasteiger partial charge in [-0.25, -0.2) is 8.42 Å². The van der Waals surface area contributed by atoms with Crippen LogP contribution in [0, 0.1) is 13.8 Å². The number of nitrogens with zero attached hydrogens (tertiary/aromatic N) is 2. The molecule has 0 saturated carbocycles. The number of anilines is 1. The van der Waals surface area contributed by atoms with Crippen molar-refractivity contribution in [3.8, 4) is 0 Å². The van der Waals surface area contributed by atoms with E-state index in [1.165, 1.54) is 35.4 Å². The van der Waals surface area contributed by atoms with Crippen LogP contribution in [-0.2, 0) is 27.9 Å². The van der Waals surface area contributed by atoms with Gasteiger partial charge in [0.2, 0.25) is 15.9 Å². The predicted molar refractivity (Wildman–Crippen MR) is 135 cm³/mol. The molecule has 0 aliphatic carbocycles. The number of piperidine rings is 1. The molecule has 3 rings (SSSR count). The number of nitrogens with one attached hydrogen (secondary N) is 1. The van der Waals surface area contributed by atoms with Gasteiger partial charge in [-0.05, 0) is 74.5 Å². The summed E-state index contributed by atoms with van der Waals surface area (Å²) in [6.07, 6.45) is 5.30. The van der Waals surface area contributed by atoms with Gasteiger partial charge in [0.1, 0.15) is 6.04 Å². The summed E-state index contributed by atoms with van der Waals surface area (Å²) in [6, 6.07) is 13.0. The molecule has 33 heavy (non-hydrogen) atoms. The first-order valence-electron chi connectivity index (χ1n) is 11.8. The summed E-state index contributed by atoms with van der Waals surface area (Å²) in [7, 11) is -3.66. The normalized spacial score (nSPS) is 15.8. The van der Waals surface area contributed by atoms with Crippen molar-refractivity contribution in [3.05, 3.63) is 64.7 Å². The highest BCUT2D eigenvalue weighted by Crippen LogP contribution is 2.27. The van der Waals surface area contributed by atoms with Crippen LogP contribution in [0.25, 0.3) is 0 Å². The van der Waals surface area contributed by atoms with Crippen molar-refractivity contribution in [1.29, 1.82) is 0 Å². The Morgan fingerprint density at radius 2 is 1.73 bits per heavy atom. The zero-order valence-electron chi connectivity index (χ0n) is 20.3. The lowest BCUT2D eigenvalue weighted by atomic mass is 10.0. The highest BCUT2D eigenvalue weighted by molar-refractivity contribution is 7.92. The maximum Gasteiger partial charge on any atom is 0.244 e. The van der Waals surface area contributed by atoms with Crippen LogP contribution in [0.4, 0.5) is 5.69 Å². The Balaban J connectivity index is 1.78. The van der Waals surface area contributed by atoms with E-state index in [2.05, 4.69) is 16.3 Å². The zero-order chi connectivity index (χ0) is 24.0. The maximum atomic E-state index is 13.3. The third kappa shape index (κ3) is 6.58. The number of hydrogen-bond donors (Lipinski definition) is 1. The number of amides is 1. The van der Waals surface area contributed by atoms with E-state index in [0.717, 1.165) is 36.3 Å². The summed E-state index contributed by atoms with van der Waals surface area (Å²) in [5.41, 5.74) is 4.62. The summed E-state index contributed by atoms with van der Waals surface area (Å²) in [5, 5.41) is 3.02. The van der Waals surface area contributed by atoms with Crippen LogP contribution in [0.2, 0.25) is 0 Å². The van der Waals surface area contributed by atoms with Gasteiger partial charge in [-0.1, -0.05) is 49.7 Å². The number of benzene rings is 2. The zero-order valence-corrected chi connectivity index (χ0v) is 21.1. The van der Waals surface area contributed by atoms with Crippen LogP contribution in [0.5, 0.6) is 0 Å². The van der Waals surface area contributed by atoms with E-state index in [9.17, 15) is 13.2 Å². The smallest absolute Gasteiger partial charge is 0.244 e. The van der Waals surface area contributed by atoms with Gasteiger partial charge in [0.25, 0.3) is 0 Å². The largest absolute Gasteiger partial charge is 0.350 e. The fourth-order valence-electron chi connectivity index (χ4n) is 4.54. The molecule has 2 aromatic rings. The quantitative estimate of drug-likeness (QED) is 0.597. The Kier molecular flexibility index (Phi) is 8.54. The van der Waals surface area contributed by atoms with E-state index in [4.69, 9.17) is 0 Å². The molecule has 1 fully saturated rings. The van der Waals surface area contributed by atoms with Gasteiger partial charge in [-0.15, -0.1) is 0 Å².